The van der Waals surface area contributed by atoms with Gasteiger partial charge in [0.15, 0.2) is 0 Å². The fraction of sp³-hybridized carbons (Fsp3) is 0.435. The van der Waals surface area contributed by atoms with Gasteiger partial charge in [0.2, 0.25) is 5.91 Å². The van der Waals surface area contributed by atoms with Gasteiger partial charge >= 0.3 is 0 Å². The van der Waals surface area contributed by atoms with E-state index in [1.54, 1.807) is 0 Å². The Bertz CT molecular complexity index is 920. The quantitative estimate of drug-likeness (QED) is 0.762. The normalized spacial score (nSPS) is 19.8. The third kappa shape index (κ3) is 4.49. The second kappa shape index (κ2) is 9.31. The number of piperidine rings is 1. The van der Waals surface area contributed by atoms with E-state index in [-0.39, 0.29) is 17.7 Å². The zero-order valence-corrected chi connectivity index (χ0v) is 17.8. The third-order valence-corrected chi connectivity index (χ3v) is 6.82. The minimum absolute atomic E-state index is 0.0466. The van der Waals surface area contributed by atoms with Crippen molar-refractivity contribution in [3.05, 3.63) is 52.2 Å². The highest BCUT2D eigenvalue weighted by atomic mass is 32.1. The van der Waals surface area contributed by atoms with Crippen LogP contribution in [0.15, 0.2) is 41.8 Å². The summed E-state index contributed by atoms with van der Waals surface area (Å²) in [6.45, 7) is 4.36. The van der Waals surface area contributed by atoms with Gasteiger partial charge in [0.05, 0.1) is 22.4 Å². The van der Waals surface area contributed by atoms with Crippen LogP contribution >= 0.6 is 11.3 Å². The van der Waals surface area contributed by atoms with Crippen molar-refractivity contribution in [2.75, 3.05) is 44.2 Å². The van der Waals surface area contributed by atoms with Crippen LogP contribution in [0.3, 0.4) is 0 Å². The Labute approximate surface area is 181 Å². The highest BCUT2D eigenvalue weighted by Gasteiger charge is 2.32. The van der Waals surface area contributed by atoms with Crippen LogP contribution in [0.25, 0.3) is 0 Å². The van der Waals surface area contributed by atoms with Crippen LogP contribution < -0.4 is 4.90 Å². The maximum absolute atomic E-state index is 13.2. The summed E-state index contributed by atoms with van der Waals surface area (Å²) < 4.78 is 0. The molecule has 0 radical (unpaired) electrons. The molecule has 156 valence electrons. The zero-order chi connectivity index (χ0) is 20.9. The summed E-state index contributed by atoms with van der Waals surface area (Å²) in [7, 11) is 0. The standard InChI is InChI=1S/C23H26N4O2S/c24-16-18-6-8-20(9-7-18)25-11-3-12-26(14-13-25)22(28)19-4-1-10-27(17-19)23(29)21-5-2-15-30-21/h2,5-9,15,19H,1,3-4,10-14,17H2. The van der Waals surface area contributed by atoms with Crippen LogP contribution in [0, 0.1) is 17.2 Å². The van der Waals surface area contributed by atoms with E-state index in [1.165, 1.54) is 11.3 Å². The number of rotatable bonds is 3. The SMILES string of the molecule is N#Cc1ccc(N2CCCN(C(=O)C3CCCN(C(=O)c4cccs4)C3)CC2)cc1. The largest absolute Gasteiger partial charge is 0.370 e. The molecule has 2 amide bonds. The Morgan fingerprint density at radius 2 is 1.77 bits per heavy atom. The first-order chi connectivity index (χ1) is 14.7. The molecule has 3 heterocycles. The summed E-state index contributed by atoms with van der Waals surface area (Å²) in [5, 5.41) is 10.9. The second-order valence-corrected chi connectivity index (χ2v) is 8.84. The van der Waals surface area contributed by atoms with E-state index in [1.807, 2.05) is 51.6 Å². The number of anilines is 1. The lowest BCUT2D eigenvalue weighted by atomic mass is 9.96. The highest BCUT2D eigenvalue weighted by Crippen LogP contribution is 2.24. The molecule has 1 unspecified atom stereocenters. The lowest BCUT2D eigenvalue weighted by molar-refractivity contribution is -0.136. The first-order valence-corrected chi connectivity index (χ1v) is 11.4. The number of hydrogen-bond donors (Lipinski definition) is 0. The molecule has 2 saturated heterocycles. The molecule has 1 atom stereocenters. The number of likely N-dealkylation sites (tertiary alicyclic amines) is 1. The highest BCUT2D eigenvalue weighted by molar-refractivity contribution is 7.12. The van der Waals surface area contributed by atoms with Gasteiger partial charge in [-0.05, 0) is 55.0 Å². The van der Waals surface area contributed by atoms with E-state index in [2.05, 4.69) is 11.0 Å². The molecule has 2 aliphatic rings. The Hall–Kier alpha value is -2.85. The average Bonchev–Trinajstić information content (AvgIpc) is 3.23. The summed E-state index contributed by atoms with van der Waals surface area (Å²) in [5.41, 5.74) is 1.75. The van der Waals surface area contributed by atoms with Crippen molar-refractivity contribution < 1.29 is 9.59 Å². The summed E-state index contributed by atoms with van der Waals surface area (Å²) in [6, 6.07) is 13.5. The molecule has 1 aromatic heterocycles. The minimum Gasteiger partial charge on any atom is -0.370 e. The van der Waals surface area contributed by atoms with Crippen molar-refractivity contribution in [3.8, 4) is 6.07 Å². The molecule has 4 rings (SSSR count). The summed E-state index contributed by atoms with van der Waals surface area (Å²) >= 11 is 1.46. The number of amides is 2. The smallest absolute Gasteiger partial charge is 0.263 e. The van der Waals surface area contributed by atoms with Gasteiger partial charge in [-0.2, -0.15) is 5.26 Å². The molecule has 0 saturated carbocycles. The van der Waals surface area contributed by atoms with Crippen LogP contribution in [0.4, 0.5) is 5.69 Å². The molecule has 0 spiro atoms. The fourth-order valence-electron chi connectivity index (χ4n) is 4.32. The predicted molar refractivity (Wildman–Crippen MR) is 118 cm³/mol. The summed E-state index contributed by atoms with van der Waals surface area (Å²) in [6.07, 6.45) is 2.64. The monoisotopic (exact) mass is 422 g/mol. The van der Waals surface area contributed by atoms with Gasteiger partial charge in [0.25, 0.3) is 5.91 Å². The molecule has 2 aliphatic heterocycles. The van der Waals surface area contributed by atoms with E-state index in [0.29, 0.717) is 18.7 Å². The lowest BCUT2D eigenvalue weighted by Crippen LogP contribution is -2.47. The number of carbonyl (C=O) groups is 2. The Kier molecular flexibility index (Phi) is 6.34. The first kappa shape index (κ1) is 20.4. The maximum atomic E-state index is 13.2. The molecule has 0 aliphatic carbocycles. The molecular formula is C23H26N4O2S. The number of hydrogen-bond acceptors (Lipinski definition) is 5. The van der Waals surface area contributed by atoms with Gasteiger partial charge in [-0.15, -0.1) is 11.3 Å². The minimum atomic E-state index is -0.107. The molecule has 7 heteroatoms. The summed E-state index contributed by atoms with van der Waals surface area (Å²) in [5.74, 6) is 0.120. The van der Waals surface area contributed by atoms with Crippen molar-refractivity contribution in [3.63, 3.8) is 0 Å². The average molecular weight is 423 g/mol. The Morgan fingerprint density at radius 1 is 0.967 bits per heavy atom. The van der Waals surface area contributed by atoms with Gasteiger partial charge in [0.1, 0.15) is 0 Å². The molecule has 2 fully saturated rings. The van der Waals surface area contributed by atoms with Crippen molar-refractivity contribution in [1.29, 1.82) is 5.26 Å². The Morgan fingerprint density at radius 3 is 2.50 bits per heavy atom. The Balaban J connectivity index is 1.36. The van der Waals surface area contributed by atoms with Crippen molar-refractivity contribution in [1.82, 2.24) is 9.80 Å². The second-order valence-electron chi connectivity index (χ2n) is 7.89. The zero-order valence-electron chi connectivity index (χ0n) is 17.0. The maximum Gasteiger partial charge on any atom is 0.263 e. The topological polar surface area (TPSA) is 67.7 Å². The van der Waals surface area contributed by atoms with Crippen LogP contribution in [-0.4, -0.2) is 60.9 Å². The van der Waals surface area contributed by atoms with Gasteiger partial charge < -0.3 is 14.7 Å². The number of thiophene rings is 1. The van der Waals surface area contributed by atoms with E-state index in [4.69, 9.17) is 5.26 Å². The molecule has 0 N–H and O–H groups in total. The molecule has 2 aromatic rings. The van der Waals surface area contributed by atoms with Crippen molar-refractivity contribution in [2.45, 2.75) is 19.3 Å². The van der Waals surface area contributed by atoms with Gasteiger partial charge in [-0.3, -0.25) is 9.59 Å². The third-order valence-electron chi connectivity index (χ3n) is 5.96. The number of nitrogens with zero attached hydrogens (tertiary/aromatic N) is 4. The van der Waals surface area contributed by atoms with Crippen LogP contribution in [0.5, 0.6) is 0 Å². The lowest BCUT2D eigenvalue weighted by Gasteiger charge is -2.34. The van der Waals surface area contributed by atoms with Crippen molar-refractivity contribution >= 4 is 28.8 Å². The predicted octanol–water partition coefficient (Wildman–Crippen LogP) is 3.21. The van der Waals surface area contributed by atoms with Crippen LogP contribution in [-0.2, 0) is 4.79 Å². The number of benzene rings is 1. The molecule has 0 bridgehead atoms. The molecular weight excluding hydrogens is 396 g/mol. The van der Waals surface area contributed by atoms with E-state index in [9.17, 15) is 9.59 Å². The first-order valence-electron chi connectivity index (χ1n) is 10.5. The van der Waals surface area contributed by atoms with E-state index in [0.717, 1.165) is 56.0 Å². The van der Waals surface area contributed by atoms with Crippen molar-refractivity contribution in [2.24, 2.45) is 5.92 Å². The number of nitriles is 1. The molecule has 30 heavy (non-hydrogen) atoms. The molecule has 1 aromatic carbocycles. The van der Waals surface area contributed by atoms with E-state index < -0.39 is 0 Å². The van der Waals surface area contributed by atoms with E-state index >= 15 is 0 Å². The van der Waals surface area contributed by atoms with Gasteiger partial charge in [-0.1, -0.05) is 6.07 Å². The fourth-order valence-corrected chi connectivity index (χ4v) is 5.01. The van der Waals surface area contributed by atoms with Gasteiger partial charge in [0, 0.05) is 45.0 Å². The van der Waals surface area contributed by atoms with Crippen LogP contribution in [0.2, 0.25) is 0 Å². The molecule has 6 nitrogen and oxygen atoms in total. The number of carbonyl (C=O) groups excluding carboxylic acids is 2. The summed E-state index contributed by atoms with van der Waals surface area (Å²) in [4.78, 5) is 32.8. The van der Waals surface area contributed by atoms with Crippen LogP contribution in [0.1, 0.15) is 34.5 Å². The van der Waals surface area contributed by atoms with Gasteiger partial charge in [-0.25, -0.2) is 0 Å².